The number of rotatable bonds is 5. The summed E-state index contributed by atoms with van der Waals surface area (Å²) in [6, 6.07) is 11.7. The Bertz CT molecular complexity index is 1550. The minimum absolute atomic E-state index is 0.00949. The zero-order valence-electron chi connectivity index (χ0n) is 21.5. The van der Waals surface area contributed by atoms with Gasteiger partial charge >= 0.3 is 0 Å². The molecule has 8 nitrogen and oxygen atoms in total. The lowest BCUT2D eigenvalue weighted by molar-refractivity contribution is -0.0394. The second-order valence-electron chi connectivity index (χ2n) is 10.1. The van der Waals surface area contributed by atoms with Crippen molar-refractivity contribution >= 4 is 17.5 Å². The molecule has 200 valence electrons. The van der Waals surface area contributed by atoms with Crippen LogP contribution >= 0.6 is 11.6 Å². The molecule has 0 aliphatic carbocycles. The number of aromatic hydroxyl groups is 1. The third-order valence-corrected chi connectivity index (χ3v) is 8.09. The van der Waals surface area contributed by atoms with Gasteiger partial charge in [0.2, 0.25) is 0 Å². The van der Waals surface area contributed by atoms with Crippen LogP contribution in [0.1, 0.15) is 72.6 Å². The third-order valence-electron chi connectivity index (χ3n) is 7.83. The van der Waals surface area contributed by atoms with Crippen molar-refractivity contribution in [2.75, 3.05) is 6.61 Å². The molecule has 0 bridgehead atoms. The first-order valence-electron chi connectivity index (χ1n) is 12.9. The summed E-state index contributed by atoms with van der Waals surface area (Å²) < 4.78 is 23.2. The topological polar surface area (TPSA) is 93.4 Å². The molecule has 0 saturated carbocycles. The van der Waals surface area contributed by atoms with Crippen molar-refractivity contribution in [3.05, 3.63) is 94.5 Å². The second kappa shape index (κ2) is 9.73. The number of amides is 1. The van der Waals surface area contributed by atoms with Crippen LogP contribution in [0, 0.1) is 5.82 Å². The highest BCUT2D eigenvalue weighted by Crippen LogP contribution is 2.49. The number of benzene rings is 2. The summed E-state index contributed by atoms with van der Waals surface area (Å²) in [4.78, 5) is 23.8. The zero-order valence-corrected chi connectivity index (χ0v) is 22.3. The summed E-state index contributed by atoms with van der Waals surface area (Å²) in [6.07, 6.45) is 7.83. The van der Waals surface area contributed by atoms with E-state index in [2.05, 4.69) is 15.1 Å². The number of phenols is 1. The molecule has 0 spiro atoms. The molecular formula is C29H27ClFN5O3. The SMILES string of the molecule is CC(c1ccc(O)cc1)N1C(=O)c2cc(-c3cnn(C4CCCCO4)c3)ccc2C1(C)c1ncnc(Cl)c1F. The number of halogens is 2. The molecule has 39 heavy (non-hydrogen) atoms. The predicted octanol–water partition coefficient (Wildman–Crippen LogP) is 6.02. The molecular weight excluding hydrogens is 521 g/mol. The molecule has 6 rings (SSSR count). The number of carbonyl (C=O) groups excluding carboxylic acids is 1. The number of hydrogen-bond donors (Lipinski definition) is 1. The van der Waals surface area contributed by atoms with Crippen molar-refractivity contribution in [1.29, 1.82) is 0 Å². The Morgan fingerprint density at radius 3 is 2.69 bits per heavy atom. The van der Waals surface area contributed by atoms with Gasteiger partial charge in [-0.25, -0.2) is 19.0 Å². The number of nitrogens with zero attached hydrogens (tertiary/aromatic N) is 5. The Labute approximate surface area is 230 Å². The van der Waals surface area contributed by atoms with E-state index in [1.165, 1.54) is 6.33 Å². The van der Waals surface area contributed by atoms with Gasteiger partial charge in [0.1, 0.15) is 29.5 Å². The molecule has 4 aromatic rings. The van der Waals surface area contributed by atoms with Gasteiger partial charge in [-0.1, -0.05) is 35.9 Å². The van der Waals surface area contributed by atoms with E-state index in [-0.39, 0.29) is 28.7 Å². The predicted molar refractivity (Wildman–Crippen MR) is 143 cm³/mol. The molecule has 2 aliphatic heterocycles. The molecule has 1 amide bonds. The summed E-state index contributed by atoms with van der Waals surface area (Å²) in [6.45, 7) is 4.35. The highest BCUT2D eigenvalue weighted by Gasteiger charge is 2.52. The van der Waals surface area contributed by atoms with Gasteiger partial charge in [-0.15, -0.1) is 0 Å². The summed E-state index contributed by atoms with van der Waals surface area (Å²) in [7, 11) is 0. The maximum Gasteiger partial charge on any atom is 0.255 e. The van der Waals surface area contributed by atoms with E-state index >= 15 is 4.39 Å². The van der Waals surface area contributed by atoms with Crippen molar-refractivity contribution < 1.29 is 19.0 Å². The Balaban J connectivity index is 1.46. The molecule has 2 aromatic carbocycles. The van der Waals surface area contributed by atoms with Gasteiger partial charge in [-0.2, -0.15) is 5.10 Å². The van der Waals surface area contributed by atoms with Crippen molar-refractivity contribution in [2.45, 2.75) is 50.9 Å². The van der Waals surface area contributed by atoms with E-state index in [4.69, 9.17) is 16.3 Å². The maximum atomic E-state index is 15.5. The summed E-state index contributed by atoms with van der Waals surface area (Å²) in [5.41, 5.74) is 2.22. The van der Waals surface area contributed by atoms with Crippen LogP contribution in [0.15, 0.2) is 61.2 Å². The van der Waals surface area contributed by atoms with Gasteiger partial charge in [0.25, 0.3) is 5.91 Å². The van der Waals surface area contributed by atoms with Gasteiger partial charge in [0, 0.05) is 23.9 Å². The standard InChI is InChI=1S/C29H27ClFN5O3/c1-17(18-6-9-21(37)10-7-18)36-28(38)22-13-19(20-14-34-35(15-20)24-5-3-4-12-39-24)8-11-23(22)29(36,2)26-25(31)27(30)33-16-32-26/h6-11,13-17,24,37H,3-5,12H2,1-2H3. The van der Waals surface area contributed by atoms with E-state index in [0.29, 0.717) is 17.7 Å². The molecule has 0 radical (unpaired) electrons. The maximum absolute atomic E-state index is 15.5. The van der Waals surface area contributed by atoms with E-state index in [0.717, 1.165) is 36.0 Å². The Morgan fingerprint density at radius 1 is 1.15 bits per heavy atom. The Kier molecular flexibility index (Phi) is 6.35. The van der Waals surface area contributed by atoms with Crippen molar-refractivity contribution in [1.82, 2.24) is 24.6 Å². The van der Waals surface area contributed by atoms with Crippen molar-refractivity contribution in [3.8, 4) is 16.9 Å². The largest absolute Gasteiger partial charge is 0.508 e. The highest BCUT2D eigenvalue weighted by atomic mass is 35.5. The van der Waals surface area contributed by atoms with E-state index in [1.807, 2.05) is 36.0 Å². The molecule has 1 saturated heterocycles. The van der Waals surface area contributed by atoms with Crippen LogP contribution in [-0.2, 0) is 10.3 Å². The fourth-order valence-corrected chi connectivity index (χ4v) is 5.89. The summed E-state index contributed by atoms with van der Waals surface area (Å²) in [5, 5.41) is 14.0. The lowest BCUT2D eigenvalue weighted by atomic mass is 9.85. The second-order valence-corrected chi connectivity index (χ2v) is 10.5. The number of phenolic OH excluding ortho intramolecular Hbond substituents is 1. The van der Waals surface area contributed by atoms with Crippen LogP contribution in [-0.4, -0.2) is 42.3 Å². The van der Waals surface area contributed by atoms with Crippen LogP contribution in [0.25, 0.3) is 11.1 Å². The van der Waals surface area contributed by atoms with Crippen molar-refractivity contribution in [3.63, 3.8) is 0 Å². The smallest absolute Gasteiger partial charge is 0.255 e. The lowest BCUT2D eigenvalue weighted by Gasteiger charge is -2.40. The average molecular weight is 548 g/mol. The summed E-state index contributed by atoms with van der Waals surface area (Å²) in [5.74, 6) is -0.933. The first-order chi connectivity index (χ1) is 18.8. The number of hydrogen-bond acceptors (Lipinski definition) is 6. The van der Waals surface area contributed by atoms with E-state index in [9.17, 15) is 9.90 Å². The number of ether oxygens (including phenoxy) is 1. The van der Waals surface area contributed by atoms with Crippen LogP contribution in [0.2, 0.25) is 5.15 Å². The Morgan fingerprint density at radius 2 is 1.95 bits per heavy atom. The van der Waals surface area contributed by atoms with Gasteiger partial charge in [-0.3, -0.25) is 4.79 Å². The molecule has 3 unspecified atom stereocenters. The van der Waals surface area contributed by atoms with Crippen LogP contribution < -0.4 is 0 Å². The molecule has 1 fully saturated rings. The summed E-state index contributed by atoms with van der Waals surface area (Å²) >= 11 is 6.07. The zero-order chi connectivity index (χ0) is 27.3. The van der Waals surface area contributed by atoms with Gasteiger partial charge in [0.05, 0.1) is 12.2 Å². The first kappa shape index (κ1) is 25.5. The Hall–Kier alpha value is -3.82. The van der Waals surface area contributed by atoms with Crippen LogP contribution in [0.5, 0.6) is 5.75 Å². The molecule has 2 aromatic heterocycles. The highest BCUT2D eigenvalue weighted by molar-refractivity contribution is 6.29. The van der Waals surface area contributed by atoms with Crippen LogP contribution in [0.4, 0.5) is 4.39 Å². The van der Waals surface area contributed by atoms with E-state index in [1.54, 1.807) is 42.3 Å². The third kappa shape index (κ3) is 4.17. The average Bonchev–Trinajstić information content (AvgIpc) is 3.53. The first-order valence-corrected chi connectivity index (χ1v) is 13.3. The number of fused-ring (bicyclic) bond motifs is 1. The number of carbonyl (C=O) groups is 1. The molecule has 3 atom stereocenters. The lowest BCUT2D eigenvalue weighted by Crippen LogP contribution is -2.45. The fourth-order valence-electron chi connectivity index (χ4n) is 5.76. The minimum Gasteiger partial charge on any atom is -0.508 e. The van der Waals surface area contributed by atoms with Gasteiger partial charge in [-0.05, 0) is 68.0 Å². The molecule has 2 aliphatic rings. The molecule has 10 heteroatoms. The van der Waals surface area contributed by atoms with Crippen LogP contribution in [0.3, 0.4) is 0 Å². The fraction of sp³-hybridized carbons (Fsp3) is 0.310. The van der Waals surface area contributed by atoms with Gasteiger partial charge < -0.3 is 14.7 Å². The number of aromatic nitrogens is 4. The minimum atomic E-state index is -1.28. The quantitative estimate of drug-likeness (QED) is 0.307. The monoisotopic (exact) mass is 547 g/mol. The van der Waals surface area contributed by atoms with Gasteiger partial charge in [0.15, 0.2) is 11.0 Å². The molecule has 4 heterocycles. The van der Waals surface area contributed by atoms with E-state index < -0.39 is 17.4 Å². The normalized spacial score (nSPS) is 21.7. The van der Waals surface area contributed by atoms with Crippen molar-refractivity contribution in [2.24, 2.45) is 0 Å². The molecule has 1 N–H and O–H groups in total.